The normalized spacial score (nSPS) is 11.6. The Morgan fingerprint density at radius 3 is 2.32 bits per heavy atom. The van der Waals surface area contributed by atoms with E-state index < -0.39 is 5.51 Å². The molecule has 0 unspecified atom stereocenters. The van der Waals surface area contributed by atoms with Crippen molar-refractivity contribution in [1.82, 2.24) is 0 Å². The summed E-state index contributed by atoms with van der Waals surface area (Å²) in [5.74, 6) is 1.61. The van der Waals surface area contributed by atoms with Crippen molar-refractivity contribution < 1.29 is 17.6 Å². The summed E-state index contributed by atoms with van der Waals surface area (Å²) < 4.78 is 41.8. The van der Waals surface area contributed by atoms with Crippen LogP contribution in [-0.2, 0) is 6.54 Å². The summed E-state index contributed by atoms with van der Waals surface area (Å²) in [6, 6.07) is 9.83. The van der Waals surface area contributed by atoms with Gasteiger partial charge < -0.3 is 9.73 Å². The van der Waals surface area contributed by atoms with E-state index in [1.165, 1.54) is 12.1 Å². The number of anilines is 1. The van der Waals surface area contributed by atoms with Gasteiger partial charge in [-0.2, -0.15) is 13.2 Å². The smallest absolute Gasteiger partial charge is 0.446 e. The standard InChI is InChI=1S/C13H12F3NOS/c1-9-2-5-11(18-9)8-17-10-3-6-12(7-4-10)19-13(14,15)16/h2-7,17H,8H2,1H3. The van der Waals surface area contributed by atoms with Gasteiger partial charge in [0.15, 0.2) is 0 Å². The van der Waals surface area contributed by atoms with Gasteiger partial charge in [-0.15, -0.1) is 0 Å². The Hall–Kier alpha value is -1.56. The molecule has 1 heterocycles. The molecule has 1 aromatic heterocycles. The van der Waals surface area contributed by atoms with Gasteiger partial charge >= 0.3 is 5.51 Å². The summed E-state index contributed by atoms with van der Waals surface area (Å²) in [6.45, 7) is 2.35. The third kappa shape index (κ3) is 4.55. The number of thioether (sulfide) groups is 1. The van der Waals surface area contributed by atoms with Crippen LogP contribution in [0.15, 0.2) is 45.7 Å². The minimum Gasteiger partial charge on any atom is -0.465 e. The van der Waals surface area contributed by atoms with Crippen LogP contribution in [0.3, 0.4) is 0 Å². The molecule has 102 valence electrons. The lowest BCUT2D eigenvalue weighted by molar-refractivity contribution is -0.0328. The van der Waals surface area contributed by atoms with Crippen molar-refractivity contribution in [1.29, 1.82) is 0 Å². The topological polar surface area (TPSA) is 25.2 Å². The molecule has 0 bridgehead atoms. The van der Waals surface area contributed by atoms with Crippen LogP contribution < -0.4 is 5.32 Å². The van der Waals surface area contributed by atoms with Crippen LogP contribution in [0.4, 0.5) is 18.9 Å². The molecule has 1 aromatic carbocycles. The first kappa shape index (κ1) is 13.9. The Morgan fingerprint density at radius 2 is 1.79 bits per heavy atom. The van der Waals surface area contributed by atoms with E-state index in [4.69, 9.17) is 4.42 Å². The van der Waals surface area contributed by atoms with E-state index in [1.807, 2.05) is 19.1 Å². The second kappa shape index (κ2) is 5.61. The fourth-order valence-electron chi connectivity index (χ4n) is 1.54. The van der Waals surface area contributed by atoms with Gasteiger partial charge in [-0.25, -0.2) is 0 Å². The summed E-state index contributed by atoms with van der Waals surface area (Å²) in [5, 5.41) is 3.08. The van der Waals surface area contributed by atoms with E-state index in [9.17, 15) is 13.2 Å². The number of rotatable bonds is 4. The van der Waals surface area contributed by atoms with Crippen molar-refractivity contribution in [2.45, 2.75) is 23.9 Å². The molecule has 0 saturated heterocycles. The van der Waals surface area contributed by atoms with Crippen LogP contribution in [-0.4, -0.2) is 5.51 Å². The number of hydrogen-bond donors (Lipinski definition) is 1. The van der Waals surface area contributed by atoms with E-state index in [0.29, 0.717) is 6.54 Å². The maximum atomic E-state index is 12.1. The van der Waals surface area contributed by atoms with Gasteiger partial charge in [0.2, 0.25) is 0 Å². The minimum atomic E-state index is -4.25. The molecule has 2 aromatic rings. The highest BCUT2D eigenvalue weighted by molar-refractivity contribution is 8.00. The highest BCUT2D eigenvalue weighted by Crippen LogP contribution is 2.37. The lowest BCUT2D eigenvalue weighted by atomic mass is 10.3. The largest absolute Gasteiger partial charge is 0.465 e. The average molecular weight is 287 g/mol. The highest BCUT2D eigenvalue weighted by Gasteiger charge is 2.28. The lowest BCUT2D eigenvalue weighted by Crippen LogP contribution is -2.00. The van der Waals surface area contributed by atoms with Crippen LogP contribution in [0.25, 0.3) is 0 Å². The van der Waals surface area contributed by atoms with Gasteiger partial charge in [-0.05, 0) is 55.1 Å². The molecule has 0 radical (unpaired) electrons. The molecule has 0 amide bonds. The molecule has 2 nitrogen and oxygen atoms in total. The maximum Gasteiger partial charge on any atom is 0.446 e. The number of benzene rings is 1. The molecular formula is C13H12F3NOS. The molecule has 19 heavy (non-hydrogen) atoms. The lowest BCUT2D eigenvalue weighted by Gasteiger charge is -2.07. The van der Waals surface area contributed by atoms with Crippen molar-refractivity contribution in [3.8, 4) is 0 Å². The fraction of sp³-hybridized carbons (Fsp3) is 0.231. The van der Waals surface area contributed by atoms with Crippen LogP contribution in [0.1, 0.15) is 11.5 Å². The third-order valence-electron chi connectivity index (χ3n) is 2.35. The summed E-state index contributed by atoms with van der Waals surface area (Å²) in [6.07, 6.45) is 0. The van der Waals surface area contributed by atoms with Crippen LogP contribution in [0.2, 0.25) is 0 Å². The van der Waals surface area contributed by atoms with Gasteiger partial charge in [0.1, 0.15) is 11.5 Å². The minimum absolute atomic E-state index is 0.119. The second-order valence-corrected chi connectivity index (χ2v) is 5.08. The van der Waals surface area contributed by atoms with E-state index in [1.54, 1.807) is 12.1 Å². The number of hydrogen-bond acceptors (Lipinski definition) is 3. The van der Waals surface area contributed by atoms with Crippen molar-refractivity contribution in [3.05, 3.63) is 47.9 Å². The first-order valence-corrected chi connectivity index (χ1v) is 6.39. The SMILES string of the molecule is Cc1ccc(CNc2ccc(SC(F)(F)F)cc2)o1. The molecule has 0 aliphatic carbocycles. The quantitative estimate of drug-likeness (QED) is 0.817. The second-order valence-electron chi connectivity index (χ2n) is 3.94. The summed E-state index contributed by atoms with van der Waals surface area (Å²) in [5.41, 5.74) is -3.50. The van der Waals surface area contributed by atoms with Crippen LogP contribution in [0, 0.1) is 6.92 Å². The Balaban J connectivity index is 1.91. The molecule has 2 rings (SSSR count). The Labute approximate surface area is 113 Å². The zero-order valence-corrected chi connectivity index (χ0v) is 10.9. The van der Waals surface area contributed by atoms with Gasteiger partial charge in [-0.1, -0.05) is 0 Å². The number of alkyl halides is 3. The van der Waals surface area contributed by atoms with Crippen molar-refractivity contribution >= 4 is 17.4 Å². The summed E-state index contributed by atoms with van der Waals surface area (Å²) >= 11 is -0.119. The van der Waals surface area contributed by atoms with E-state index in [-0.39, 0.29) is 16.7 Å². The first-order chi connectivity index (χ1) is 8.92. The molecule has 0 atom stereocenters. The molecule has 0 fully saturated rings. The Bertz CT molecular complexity index is 534. The van der Waals surface area contributed by atoms with Gasteiger partial charge in [0.05, 0.1) is 6.54 Å². The highest BCUT2D eigenvalue weighted by atomic mass is 32.2. The molecular weight excluding hydrogens is 275 g/mol. The number of halogens is 3. The van der Waals surface area contributed by atoms with Crippen molar-refractivity contribution in [2.24, 2.45) is 0 Å². The molecule has 0 aliphatic rings. The predicted molar refractivity (Wildman–Crippen MR) is 69.1 cm³/mol. The molecule has 0 spiro atoms. The average Bonchev–Trinajstić information content (AvgIpc) is 2.72. The summed E-state index contributed by atoms with van der Waals surface area (Å²) in [4.78, 5) is 0.173. The Kier molecular flexibility index (Phi) is 4.09. The number of nitrogens with one attached hydrogen (secondary N) is 1. The first-order valence-electron chi connectivity index (χ1n) is 5.57. The molecule has 6 heteroatoms. The molecule has 1 N–H and O–H groups in total. The number of furan rings is 1. The van der Waals surface area contributed by atoms with Crippen molar-refractivity contribution in [3.63, 3.8) is 0 Å². The van der Waals surface area contributed by atoms with E-state index in [2.05, 4.69) is 5.32 Å². The maximum absolute atomic E-state index is 12.1. The predicted octanol–water partition coefficient (Wildman–Crippen LogP) is 4.81. The fourth-order valence-corrected chi connectivity index (χ4v) is 2.08. The molecule has 0 saturated carbocycles. The summed E-state index contributed by atoms with van der Waals surface area (Å²) in [7, 11) is 0. The third-order valence-corrected chi connectivity index (χ3v) is 3.09. The molecule has 0 aliphatic heterocycles. The van der Waals surface area contributed by atoms with Gasteiger partial charge in [0, 0.05) is 10.6 Å². The van der Waals surface area contributed by atoms with Crippen LogP contribution in [0.5, 0.6) is 0 Å². The van der Waals surface area contributed by atoms with Gasteiger partial charge in [0.25, 0.3) is 0 Å². The van der Waals surface area contributed by atoms with E-state index >= 15 is 0 Å². The number of aryl methyl sites for hydroxylation is 1. The van der Waals surface area contributed by atoms with Gasteiger partial charge in [-0.3, -0.25) is 0 Å². The zero-order valence-electron chi connectivity index (χ0n) is 10.1. The Morgan fingerprint density at radius 1 is 1.11 bits per heavy atom. The van der Waals surface area contributed by atoms with Crippen molar-refractivity contribution in [2.75, 3.05) is 5.32 Å². The monoisotopic (exact) mass is 287 g/mol. The van der Waals surface area contributed by atoms with E-state index in [0.717, 1.165) is 17.2 Å². The van der Waals surface area contributed by atoms with Crippen LogP contribution >= 0.6 is 11.8 Å². The zero-order chi connectivity index (χ0) is 13.9.